The minimum atomic E-state index is 1.32. The van der Waals surface area contributed by atoms with E-state index in [4.69, 9.17) is 0 Å². The molecule has 0 fully saturated rings. The third-order valence-corrected chi connectivity index (χ3v) is 1.78. The van der Waals surface area contributed by atoms with E-state index in [0.717, 1.165) is 0 Å². The molecule has 0 spiro atoms. The number of allylic oxidation sites excluding steroid dienone is 1. The Morgan fingerprint density at radius 2 is 1.91 bits per heavy atom. The van der Waals surface area contributed by atoms with E-state index in [-0.39, 0.29) is 0 Å². The van der Waals surface area contributed by atoms with Gasteiger partial charge >= 0.3 is 0 Å². The first kappa shape index (κ1) is 8.06. The summed E-state index contributed by atoms with van der Waals surface area (Å²) in [7, 11) is 0. The molecule has 0 aromatic heterocycles. The van der Waals surface area contributed by atoms with E-state index in [2.05, 4.69) is 44.2 Å². The summed E-state index contributed by atoms with van der Waals surface area (Å²) in [6, 6.07) is 6.50. The highest BCUT2D eigenvalue weighted by Gasteiger charge is 1.92. The minimum absolute atomic E-state index is 1.32. The van der Waals surface area contributed by atoms with Crippen molar-refractivity contribution in [1.29, 1.82) is 0 Å². The van der Waals surface area contributed by atoms with Crippen LogP contribution in [-0.2, 0) is 0 Å². The molecule has 0 unspecified atom stereocenters. The van der Waals surface area contributed by atoms with Gasteiger partial charge in [0.15, 0.2) is 0 Å². The van der Waals surface area contributed by atoms with Gasteiger partial charge in [0, 0.05) is 0 Å². The largest absolute Gasteiger partial charge is 0.0871 e. The summed E-state index contributed by atoms with van der Waals surface area (Å²) < 4.78 is 0. The number of aryl methyl sites for hydroxylation is 2. The fourth-order valence-corrected chi connectivity index (χ4v) is 1.12. The van der Waals surface area contributed by atoms with E-state index in [1.165, 1.54) is 16.7 Å². The van der Waals surface area contributed by atoms with E-state index in [9.17, 15) is 0 Å². The second kappa shape index (κ2) is 3.38. The number of hydrogen-bond acceptors (Lipinski definition) is 0. The van der Waals surface area contributed by atoms with E-state index >= 15 is 0 Å². The Kier molecular flexibility index (Phi) is 2.48. The van der Waals surface area contributed by atoms with Gasteiger partial charge in [-0.2, -0.15) is 0 Å². The van der Waals surface area contributed by atoms with E-state index < -0.39 is 0 Å². The van der Waals surface area contributed by atoms with Gasteiger partial charge in [-0.15, -0.1) is 0 Å². The van der Waals surface area contributed by atoms with Gasteiger partial charge in [0.1, 0.15) is 0 Å². The molecule has 1 rings (SSSR count). The smallest absolute Gasteiger partial charge is 0.0228 e. The molecule has 1 aromatic rings. The van der Waals surface area contributed by atoms with Crippen LogP contribution >= 0.6 is 0 Å². The molecule has 0 nitrogen and oxygen atoms in total. The summed E-state index contributed by atoms with van der Waals surface area (Å²) in [6.45, 7) is 6.29. The third kappa shape index (κ3) is 1.94. The summed E-state index contributed by atoms with van der Waals surface area (Å²) in [5, 5.41) is 0. The predicted molar refractivity (Wildman–Crippen MR) is 50.6 cm³/mol. The molecular weight excluding hydrogens is 132 g/mol. The maximum atomic E-state index is 2.20. The molecule has 0 atom stereocenters. The molecule has 0 heterocycles. The van der Waals surface area contributed by atoms with Crippen molar-refractivity contribution in [3.05, 3.63) is 41.0 Å². The number of benzene rings is 1. The molecule has 58 valence electrons. The van der Waals surface area contributed by atoms with Crippen molar-refractivity contribution in [2.75, 3.05) is 0 Å². The molecular formula is C11H14. The highest BCUT2D eigenvalue weighted by atomic mass is 14.0. The summed E-state index contributed by atoms with van der Waals surface area (Å²) in [5.74, 6) is 0. The lowest BCUT2D eigenvalue weighted by Gasteiger charge is -2.00. The molecule has 11 heavy (non-hydrogen) atoms. The molecule has 1 aromatic carbocycles. The van der Waals surface area contributed by atoms with Gasteiger partial charge < -0.3 is 0 Å². The van der Waals surface area contributed by atoms with Gasteiger partial charge in [-0.3, -0.25) is 0 Å². The molecule has 0 aliphatic carbocycles. The van der Waals surface area contributed by atoms with Crippen molar-refractivity contribution in [2.24, 2.45) is 0 Å². The van der Waals surface area contributed by atoms with Crippen LogP contribution < -0.4 is 0 Å². The highest BCUT2D eigenvalue weighted by Crippen LogP contribution is 2.11. The Hall–Kier alpha value is -1.04. The fourth-order valence-electron chi connectivity index (χ4n) is 1.12. The minimum Gasteiger partial charge on any atom is -0.0871 e. The SMILES string of the molecule is C/C=C\c1cc(C)ccc1C. The molecule has 0 N–H and O–H groups in total. The quantitative estimate of drug-likeness (QED) is 0.570. The van der Waals surface area contributed by atoms with Gasteiger partial charge in [0.25, 0.3) is 0 Å². The van der Waals surface area contributed by atoms with Crippen LogP contribution in [0.15, 0.2) is 24.3 Å². The third-order valence-electron chi connectivity index (χ3n) is 1.78. The summed E-state index contributed by atoms with van der Waals surface area (Å²) in [6.07, 6.45) is 4.21. The van der Waals surface area contributed by atoms with Crippen molar-refractivity contribution >= 4 is 6.08 Å². The van der Waals surface area contributed by atoms with Gasteiger partial charge in [0.2, 0.25) is 0 Å². The first-order valence-electron chi connectivity index (χ1n) is 3.94. The summed E-state index contributed by atoms with van der Waals surface area (Å²) in [4.78, 5) is 0. The molecule has 0 aliphatic rings. The fraction of sp³-hybridized carbons (Fsp3) is 0.273. The molecule has 0 radical (unpaired) electrons. The molecule has 0 aliphatic heterocycles. The van der Waals surface area contributed by atoms with Crippen LogP contribution in [0.25, 0.3) is 6.08 Å². The van der Waals surface area contributed by atoms with Crippen LogP contribution in [-0.4, -0.2) is 0 Å². The van der Waals surface area contributed by atoms with Crippen molar-refractivity contribution in [2.45, 2.75) is 20.8 Å². The second-order valence-corrected chi connectivity index (χ2v) is 2.86. The van der Waals surface area contributed by atoms with Gasteiger partial charge in [-0.05, 0) is 31.9 Å². The lowest BCUT2D eigenvalue weighted by molar-refractivity contribution is 1.37. The Labute approximate surface area is 68.6 Å². The van der Waals surface area contributed by atoms with Gasteiger partial charge in [-0.1, -0.05) is 35.9 Å². The Bertz CT molecular complexity index is 269. The molecule has 0 bridgehead atoms. The van der Waals surface area contributed by atoms with Crippen LogP contribution in [0.5, 0.6) is 0 Å². The number of rotatable bonds is 1. The van der Waals surface area contributed by atoms with Crippen molar-refractivity contribution < 1.29 is 0 Å². The Morgan fingerprint density at radius 1 is 1.18 bits per heavy atom. The van der Waals surface area contributed by atoms with Crippen LogP contribution in [0, 0.1) is 13.8 Å². The predicted octanol–water partition coefficient (Wildman–Crippen LogP) is 3.34. The lowest BCUT2D eigenvalue weighted by Crippen LogP contribution is -1.81. The standard InChI is InChI=1S/C11H14/c1-4-5-11-8-9(2)6-7-10(11)3/h4-8H,1-3H3/b5-4-. The van der Waals surface area contributed by atoms with Crippen molar-refractivity contribution in [3.63, 3.8) is 0 Å². The zero-order valence-electron chi connectivity index (χ0n) is 7.39. The first-order chi connectivity index (χ1) is 5.24. The number of hydrogen-bond donors (Lipinski definition) is 0. The second-order valence-electron chi connectivity index (χ2n) is 2.86. The maximum absolute atomic E-state index is 2.20. The van der Waals surface area contributed by atoms with Crippen molar-refractivity contribution in [3.8, 4) is 0 Å². The van der Waals surface area contributed by atoms with Crippen LogP contribution in [0.1, 0.15) is 23.6 Å². The van der Waals surface area contributed by atoms with Crippen LogP contribution in [0.4, 0.5) is 0 Å². The van der Waals surface area contributed by atoms with Gasteiger partial charge in [0.05, 0.1) is 0 Å². The van der Waals surface area contributed by atoms with Crippen molar-refractivity contribution in [1.82, 2.24) is 0 Å². The zero-order chi connectivity index (χ0) is 8.27. The summed E-state index contributed by atoms with van der Waals surface area (Å²) in [5.41, 5.74) is 3.99. The van der Waals surface area contributed by atoms with E-state index in [1.807, 2.05) is 6.92 Å². The average Bonchev–Trinajstić information content (AvgIpc) is 1.98. The monoisotopic (exact) mass is 146 g/mol. The van der Waals surface area contributed by atoms with E-state index in [0.29, 0.717) is 0 Å². The molecule has 0 heteroatoms. The topological polar surface area (TPSA) is 0 Å². The van der Waals surface area contributed by atoms with Gasteiger partial charge in [-0.25, -0.2) is 0 Å². The maximum Gasteiger partial charge on any atom is -0.0228 e. The normalized spacial score (nSPS) is 10.8. The van der Waals surface area contributed by atoms with Crippen LogP contribution in [0.2, 0.25) is 0 Å². The zero-order valence-corrected chi connectivity index (χ0v) is 7.39. The Balaban J connectivity index is 3.12. The Morgan fingerprint density at radius 3 is 2.55 bits per heavy atom. The molecule has 0 saturated heterocycles. The lowest BCUT2D eigenvalue weighted by atomic mass is 10.1. The first-order valence-corrected chi connectivity index (χ1v) is 3.94. The molecule has 0 amide bonds. The summed E-state index contributed by atoms with van der Waals surface area (Å²) >= 11 is 0. The average molecular weight is 146 g/mol. The molecule has 0 saturated carbocycles. The van der Waals surface area contributed by atoms with Crippen LogP contribution in [0.3, 0.4) is 0 Å². The van der Waals surface area contributed by atoms with E-state index in [1.54, 1.807) is 0 Å². The highest BCUT2D eigenvalue weighted by molar-refractivity contribution is 5.54.